The van der Waals surface area contributed by atoms with E-state index >= 15 is 0 Å². The lowest BCUT2D eigenvalue weighted by molar-refractivity contribution is 0.429. The van der Waals surface area contributed by atoms with E-state index in [1.54, 1.807) is 0 Å². The highest BCUT2D eigenvalue weighted by Gasteiger charge is 2.20. The predicted molar refractivity (Wildman–Crippen MR) is 35.6 cm³/mol. The van der Waals surface area contributed by atoms with E-state index in [4.69, 9.17) is 5.73 Å². The molecular weight excluding hydrogens is 98.1 g/mol. The van der Waals surface area contributed by atoms with Gasteiger partial charge in [-0.2, -0.15) is 0 Å². The van der Waals surface area contributed by atoms with E-state index in [-0.39, 0.29) is 0 Å². The molecule has 1 rings (SSSR count). The van der Waals surface area contributed by atoms with Crippen molar-refractivity contribution in [3.05, 3.63) is 0 Å². The van der Waals surface area contributed by atoms with Crippen LogP contribution >= 0.6 is 0 Å². The number of nitrogens with two attached hydrogens (primary N) is 1. The number of hydrogen-bond donors (Lipinski definition) is 1. The summed E-state index contributed by atoms with van der Waals surface area (Å²) >= 11 is 0. The van der Waals surface area contributed by atoms with Crippen LogP contribution in [-0.2, 0) is 0 Å². The predicted octanol–water partition coefficient (Wildman–Crippen LogP) is 1.38. The molecule has 2 unspecified atom stereocenters. The average Bonchev–Trinajstić information content (AvgIpc) is 2.14. The van der Waals surface area contributed by atoms with E-state index in [1.807, 2.05) is 0 Å². The summed E-state index contributed by atoms with van der Waals surface area (Å²) < 4.78 is 0. The van der Waals surface area contributed by atoms with Gasteiger partial charge in [0.15, 0.2) is 0 Å². The van der Waals surface area contributed by atoms with Crippen molar-refractivity contribution < 1.29 is 0 Å². The molecule has 0 aromatic carbocycles. The van der Waals surface area contributed by atoms with Crippen LogP contribution in [0.4, 0.5) is 0 Å². The average molecular weight is 113 g/mol. The Balaban J connectivity index is 2.30. The smallest absolute Gasteiger partial charge is 0.00463 e. The first-order valence-electron chi connectivity index (χ1n) is 3.54. The van der Waals surface area contributed by atoms with Gasteiger partial charge in [-0.15, -0.1) is 0 Å². The summed E-state index contributed by atoms with van der Waals surface area (Å²) in [5.41, 5.74) is 5.52. The SMILES string of the molecule is CC1CCCC1CN. The summed E-state index contributed by atoms with van der Waals surface area (Å²) in [6.45, 7) is 3.21. The maximum absolute atomic E-state index is 5.52. The third-order valence-corrected chi connectivity index (χ3v) is 2.34. The van der Waals surface area contributed by atoms with Gasteiger partial charge in [0.2, 0.25) is 0 Å². The van der Waals surface area contributed by atoms with E-state index in [2.05, 4.69) is 6.92 Å². The monoisotopic (exact) mass is 113 g/mol. The lowest BCUT2D eigenvalue weighted by atomic mass is 9.99. The van der Waals surface area contributed by atoms with Crippen molar-refractivity contribution in [3.63, 3.8) is 0 Å². The Morgan fingerprint density at radius 3 is 2.50 bits per heavy atom. The molecule has 0 aliphatic heterocycles. The molecule has 1 saturated carbocycles. The quantitative estimate of drug-likeness (QED) is 0.546. The Bertz CT molecular complexity index is 70.8. The van der Waals surface area contributed by atoms with E-state index in [1.165, 1.54) is 19.3 Å². The molecule has 2 atom stereocenters. The minimum absolute atomic E-state index is 0.843. The Kier molecular flexibility index (Phi) is 1.90. The van der Waals surface area contributed by atoms with Gasteiger partial charge in [0, 0.05) is 0 Å². The molecule has 0 aromatic heterocycles. The highest BCUT2D eigenvalue weighted by molar-refractivity contribution is 4.73. The van der Waals surface area contributed by atoms with Crippen molar-refractivity contribution in [1.82, 2.24) is 0 Å². The van der Waals surface area contributed by atoms with Crippen molar-refractivity contribution >= 4 is 0 Å². The molecule has 1 aliphatic rings. The third-order valence-electron chi connectivity index (χ3n) is 2.34. The van der Waals surface area contributed by atoms with Gasteiger partial charge < -0.3 is 5.73 Å². The first kappa shape index (κ1) is 6.09. The van der Waals surface area contributed by atoms with Crippen LogP contribution in [0.1, 0.15) is 26.2 Å². The molecule has 0 amide bonds. The van der Waals surface area contributed by atoms with E-state index in [0.29, 0.717) is 0 Å². The highest BCUT2D eigenvalue weighted by Crippen LogP contribution is 2.29. The van der Waals surface area contributed by atoms with E-state index < -0.39 is 0 Å². The van der Waals surface area contributed by atoms with Crippen molar-refractivity contribution in [2.45, 2.75) is 26.2 Å². The molecule has 0 spiro atoms. The standard InChI is InChI=1S/C7H15N/c1-6-3-2-4-7(6)5-8/h6-7H,2-5,8H2,1H3. The molecule has 0 saturated heterocycles. The summed E-state index contributed by atoms with van der Waals surface area (Å²) in [6.07, 6.45) is 4.18. The first-order chi connectivity index (χ1) is 3.84. The fraction of sp³-hybridized carbons (Fsp3) is 1.00. The number of rotatable bonds is 1. The van der Waals surface area contributed by atoms with Gasteiger partial charge >= 0.3 is 0 Å². The van der Waals surface area contributed by atoms with Crippen LogP contribution in [0, 0.1) is 11.8 Å². The van der Waals surface area contributed by atoms with Gasteiger partial charge in [0.05, 0.1) is 0 Å². The van der Waals surface area contributed by atoms with Gasteiger partial charge in [0.1, 0.15) is 0 Å². The van der Waals surface area contributed by atoms with Gasteiger partial charge in [0.25, 0.3) is 0 Å². The highest BCUT2D eigenvalue weighted by atomic mass is 14.6. The number of hydrogen-bond acceptors (Lipinski definition) is 1. The second-order valence-corrected chi connectivity index (χ2v) is 2.90. The van der Waals surface area contributed by atoms with E-state index in [0.717, 1.165) is 18.4 Å². The van der Waals surface area contributed by atoms with Gasteiger partial charge in [-0.1, -0.05) is 19.8 Å². The minimum Gasteiger partial charge on any atom is -0.330 e. The Morgan fingerprint density at radius 1 is 1.50 bits per heavy atom. The summed E-state index contributed by atoms with van der Waals surface area (Å²) in [4.78, 5) is 0. The minimum atomic E-state index is 0.843. The van der Waals surface area contributed by atoms with Crippen molar-refractivity contribution in [2.75, 3.05) is 6.54 Å². The van der Waals surface area contributed by atoms with Gasteiger partial charge in [-0.3, -0.25) is 0 Å². The van der Waals surface area contributed by atoms with Gasteiger partial charge in [-0.05, 0) is 24.8 Å². The van der Waals surface area contributed by atoms with Crippen LogP contribution in [0.15, 0.2) is 0 Å². The van der Waals surface area contributed by atoms with Crippen molar-refractivity contribution in [1.29, 1.82) is 0 Å². The third kappa shape index (κ3) is 1.03. The second kappa shape index (κ2) is 2.49. The zero-order valence-corrected chi connectivity index (χ0v) is 5.56. The Morgan fingerprint density at radius 2 is 2.25 bits per heavy atom. The van der Waals surface area contributed by atoms with E-state index in [9.17, 15) is 0 Å². The van der Waals surface area contributed by atoms with Crippen molar-refractivity contribution in [2.24, 2.45) is 17.6 Å². The molecule has 0 aromatic rings. The lowest BCUT2D eigenvalue weighted by Crippen LogP contribution is -2.15. The summed E-state index contributed by atoms with van der Waals surface area (Å²) in [5, 5.41) is 0. The van der Waals surface area contributed by atoms with Crippen molar-refractivity contribution in [3.8, 4) is 0 Å². The maximum Gasteiger partial charge on any atom is -0.00463 e. The molecule has 48 valence electrons. The maximum atomic E-state index is 5.52. The molecule has 1 heteroatoms. The first-order valence-corrected chi connectivity index (χ1v) is 3.54. The summed E-state index contributed by atoms with van der Waals surface area (Å²) in [7, 11) is 0. The lowest BCUT2D eigenvalue weighted by Gasteiger charge is -2.10. The Labute approximate surface area is 51.3 Å². The molecule has 1 fully saturated rings. The normalized spacial score (nSPS) is 38.2. The zero-order valence-electron chi connectivity index (χ0n) is 5.56. The molecule has 2 N–H and O–H groups in total. The van der Waals surface area contributed by atoms with Crippen LogP contribution in [0.5, 0.6) is 0 Å². The molecule has 0 heterocycles. The fourth-order valence-corrected chi connectivity index (χ4v) is 1.57. The molecule has 1 nitrogen and oxygen atoms in total. The largest absolute Gasteiger partial charge is 0.330 e. The molecule has 0 radical (unpaired) electrons. The summed E-state index contributed by atoms with van der Waals surface area (Å²) in [6, 6.07) is 0. The fourth-order valence-electron chi connectivity index (χ4n) is 1.57. The van der Waals surface area contributed by atoms with Crippen LogP contribution < -0.4 is 5.73 Å². The van der Waals surface area contributed by atoms with Crippen LogP contribution in [-0.4, -0.2) is 6.54 Å². The zero-order chi connectivity index (χ0) is 5.98. The molecule has 0 bridgehead atoms. The molecule has 8 heavy (non-hydrogen) atoms. The van der Waals surface area contributed by atoms with Crippen LogP contribution in [0.2, 0.25) is 0 Å². The Hall–Kier alpha value is -0.0400. The summed E-state index contributed by atoms with van der Waals surface area (Å²) in [5.74, 6) is 1.75. The molecular formula is C7H15N. The van der Waals surface area contributed by atoms with Crippen LogP contribution in [0.3, 0.4) is 0 Å². The van der Waals surface area contributed by atoms with Gasteiger partial charge in [-0.25, -0.2) is 0 Å². The van der Waals surface area contributed by atoms with Crippen LogP contribution in [0.25, 0.3) is 0 Å². The molecule has 1 aliphatic carbocycles. The topological polar surface area (TPSA) is 26.0 Å². The second-order valence-electron chi connectivity index (χ2n) is 2.90.